The summed E-state index contributed by atoms with van der Waals surface area (Å²) in [5.41, 5.74) is 1.86. The van der Waals surface area contributed by atoms with Gasteiger partial charge in [0.15, 0.2) is 0 Å². The standard InChI is InChI=1S/C12H12N2O2/c1-8-3-2-4-9(5-8)6-10-13-11(15)7-12(16)14-10/h2-5,7H,6H2,1H3,(H2,13,14,15,16). The second-order valence-corrected chi connectivity index (χ2v) is 3.72. The smallest absolute Gasteiger partial charge is 0.254 e. The molecule has 2 rings (SSSR count). The van der Waals surface area contributed by atoms with E-state index in [1.54, 1.807) is 0 Å². The molecule has 1 aromatic heterocycles. The molecule has 0 aliphatic rings. The summed E-state index contributed by atoms with van der Waals surface area (Å²) in [7, 11) is 0. The van der Waals surface area contributed by atoms with E-state index in [9.17, 15) is 9.90 Å². The van der Waals surface area contributed by atoms with Gasteiger partial charge in [0.05, 0.1) is 6.07 Å². The van der Waals surface area contributed by atoms with Gasteiger partial charge < -0.3 is 10.1 Å². The Hall–Kier alpha value is -2.10. The highest BCUT2D eigenvalue weighted by atomic mass is 16.3. The Morgan fingerprint density at radius 2 is 2.19 bits per heavy atom. The first-order chi connectivity index (χ1) is 7.63. The zero-order chi connectivity index (χ0) is 11.5. The topological polar surface area (TPSA) is 66.0 Å². The molecule has 0 spiro atoms. The molecule has 1 aromatic carbocycles. The second kappa shape index (κ2) is 4.18. The minimum atomic E-state index is -0.338. The van der Waals surface area contributed by atoms with Crippen LogP contribution in [0.3, 0.4) is 0 Å². The largest absolute Gasteiger partial charge is 0.493 e. The number of nitrogens with zero attached hydrogens (tertiary/aromatic N) is 1. The van der Waals surface area contributed by atoms with Crippen LogP contribution in [0.4, 0.5) is 0 Å². The molecule has 0 amide bonds. The zero-order valence-corrected chi connectivity index (χ0v) is 8.90. The van der Waals surface area contributed by atoms with Crippen LogP contribution >= 0.6 is 0 Å². The lowest BCUT2D eigenvalue weighted by Gasteiger charge is -2.02. The number of aromatic nitrogens is 2. The third-order valence-corrected chi connectivity index (χ3v) is 2.23. The van der Waals surface area contributed by atoms with Gasteiger partial charge >= 0.3 is 0 Å². The molecular weight excluding hydrogens is 204 g/mol. The molecule has 4 heteroatoms. The first-order valence-corrected chi connectivity index (χ1v) is 4.98. The van der Waals surface area contributed by atoms with Gasteiger partial charge in [-0.2, -0.15) is 4.98 Å². The zero-order valence-electron chi connectivity index (χ0n) is 8.90. The maximum absolute atomic E-state index is 11.1. The van der Waals surface area contributed by atoms with Crippen molar-refractivity contribution in [3.05, 3.63) is 57.6 Å². The molecule has 0 radical (unpaired) electrons. The van der Waals surface area contributed by atoms with Gasteiger partial charge in [0, 0.05) is 6.42 Å². The Bertz CT molecular complexity index is 561. The van der Waals surface area contributed by atoms with Crippen LogP contribution in [0.25, 0.3) is 0 Å². The van der Waals surface area contributed by atoms with Crippen molar-refractivity contribution >= 4 is 0 Å². The molecule has 0 unspecified atom stereocenters. The van der Waals surface area contributed by atoms with E-state index in [2.05, 4.69) is 9.97 Å². The average molecular weight is 216 g/mol. The lowest BCUT2D eigenvalue weighted by Crippen LogP contribution is -2.09. The van der Waals surface area contributed by atoms with Crippen molar-refractivity contribution in [1.82, 2.24) is 9.97 Å². The predicted octanol–water partition coefficient (Wildman–Crippen LogP) is 1.37. The van der Waals surface area contributed by atoms with E-state index < -0.39 is 0 Å². The van der Waals surface area contributed by atoms with E-state index in [-0.39, 0.29) is 11.4 Å². The first-order valence-electron chi connectivity index (χ1n) is 4.98. The molecule has 16 heavy (non-hydrogen) atoms. The molecule has 0 atom stereocenters. The molecule has 4 nitrogen and oxygen atoms in total. The number of aryl methyl sites for hydroxylation is 1. The van der Waals surface area contributed by atoms with Gasteiger partial charge in [-0.3, -0.25) is 4.79 Å². The monoisotopic (exact) mass is 216 g/mol. The molecule has 2 N–H and O–H groups in total. The summed E-state index contributed by atoms with van der Waals surface area (Å²) in [6.45, 7) is 2.00. The Morgan fingerprint density at radius 3 is 2.88 bits per heavy atom. The van der Waals surface area contributed by atoms with Crippen LogP contribution < -0.4 is 5.56 Å². The molecule has 1 heterocycles. The third-order valence-electron chi connectivity index (χ3n) is 2.23. The molecule has 0 bridgehead atoms. The van der Waals surface area contributed by atoms with Crippen LogP contribution in [0.15, 0.2) is 35.1 Å². The Labute approximate surface area is 92.6 Å². The fraction of sp³-hybridized carbons (Fsp3) is 0.167. The van der Waals surface area contributed by atoms with Crippen molar-refractivity contribution < 1.29 is 5.11 Å². The second-order valence-electron chi connectivity index (χ2n) is 3.72. The molecule has 82 valence electrons. The lowest BCUT2D eigenvalue weighted by atomic mass is 10.1. The number of hydrogen-bond donors (Lipinski definition) is 2. The SMILES string of the molecule is Cc1cccc(Cc2nc(O)cc(=O)[nH]2)c1. The summed E-state index contributed by atoms with van der Waals surface area (Å²) in [5, 5.41) is 9.20. The van der Waals surface area contributed by atoms with Gasteiger partial charge in [-0.25, -0.2) is 0 Å². The molecule has 0 aliphatic heterocycles. The van der Waals surface area contributed by atoms with Gasteiger partial charge in [0.1, 0.15) is 5.82 Å². The Morgan fingerprint density at radius 1 is 1.38 bits per heavy atom. The lowest BCUT2D eigenvalue weighted by molar-refractivity contribution is 0.448. The summed E-state index contributed by atoms with van der Waals surface area (Å²) in [6.07, 6.45) is 0.505. The van der Waals surface area contributed by atoms with Gasteiger partial charge in [0.25, 0.3) is 5.56 Å². The summed E-state index contributed by atoms with van der Waals surface area (Å²) in [4.78, 5) is 17.6. The van der Waals surface area contributed by atoms with Crippen LogP contribution in [0.1, 0.15) is 17.0 Å². The van der Waals surface area contributed by atoms with E-state index in [0.717, 1.165) is 17.2 Å². The highest BCUT2D eigenvalue weighted by Gasteiger charge is 2.01. The van der Waals surface area contributed by atoms with Crippen LogP contribution in [0.5, 0.6) is 5.88 Å². The van der Waals surface area contributed by atoms with Gasteiger partial charge in [-0.05, 0) is 12.5 Å². The Balaban J connectivity index is 2.30. The van der Waals surface area contributed by atoms with Crippen molar-refractivity contribution in [1.29, 1.82) is 0 Å². The number of benzene rings is 1. The van der Waals surface area contributed by atoms with Crippen molar-refractivity contribution in [2.24, 2.45) is 0 Å². The minimum absolute atomic E-state index is 0.244. The summed E-state index contributed by atoms with van der Waals surface area (Å²) in [6, 6.07) is 8.98. The number of nitrogens with one attached hydrogen (secondary N) is 1. The van der Waals surface area contributed by atoms with Crippen LogP contribution in [0, 0.1) is 6.92 Å². The van der Waals surface area contributed by atoms with Crippen molar-refractivity contribution in [3.63, 3.8) is 0 Å². The third kappa shape index (κ3) is 2.48. The first kappa shape index (κ1) is 10.4. The van der Waals surface area contributed by atoms with Crippen LogP contribution in [-0.4, -0.2) is 15.1 Å². The van der Waals surface area contributed by atoms with E-state index in [1.807, 2.05) is 31.2 Å². The van der Waals surface area contributed by atoms with Crippen LogP contribution in [0.2, 0.25) is 0 Å². The highest BCUT2D eigenvalue weighted by Crippen LogP contribution is 2.08. The minimum Gasteiger partial charge on any atom is -0.493 e. The molecule has 0 aliphatic carbocycles. The number of aromatic amines is 1. The number of hydrogen-bond acceptors (Lipinski definition) is 3. The van der Waals surface area contributed by atoms with Crippen molar-refractivity contribution in [2.75, 3.05) is 0 Å². The summed E-state index contributed by atoms with van der Waals surface area (Å²) < 4.78 is 0. The van der Waals surface area contributed by atoms with E-state index in [1.165, 1.54) is 0 Å². The molecular formula is C12H12N2O2. The fourth-order valence-electron chi connectivity index (χ4n) is 1.59. The van der Waals surface area contributed by atoms with E-state index >= 15 is 0 Å². The quantitative estimate of drug-likeness (QED) is 0.796. The highest BCUT2D eigenvalue weighted by molar-refractivity contribution is 5.25. The van der Waals surface area contributed by atoms with E-state index in [0.29, 0.717) is 12.2 Å². The number of rotatable bonds is 2. The number of H-pyrrole nitrogens is 1. The number of aromatic hydroxyl groups is 1. The maximum Gasteiger partial charge on any atom is 0.254 e. The van der Waals surface area contributed by atoms with Gasteiger partial charge in [-0.15, -0.1) is 0 Å². The molecule has 0 fully saturated rings. The average Bonchev–Trinajstić information content (AvgIpc) is 2.15. The summed E-state index contributed by atoms with van der Waals surface area (Å²) in [5.74, 6) is 0.224. The van der Waals surface area contributed by atoms with Crippen LogP contribution in [-0.2, 0) is 6.42 Å². The maximum atomic E-state index is 11.1. The predicted molar refractivity (Wildman–Crippen MR) is 60.5 cm³/mol. The van der Waals surface area contributed by atoms with Gasteiger partial charge in [-0.1, -0.05) is 29.8 Å². The summed E-state index contributed by atoms with van der Waals surface area (Å²) >= 11 is 0. The normalized spacial score (nSPS) is 10.3. The van der Waals surface area contributed by atoms with Gasteiger partial charge in [0.2, 0.25) is 5.88 Å². The van der Waals surface area contributed by atoms with Crippen molar-refractivity contribution in [3.8, 4) is 5.88 Å². The molecule has 0 saturated carbocycles. The molecule has 2 aromatic rings. The molecule has 0 saturated heterocycles. The van der Waals surface area contributed by atoms with E-state index in [4.69, 9.17) is 0 Å². The van der Waals surface area contributed by atoms with Crippen molar-refractivity contribution in [2.45, 2.75) is 13.3 Å². The fourth-order valence-corrected chi connectivity index (χ4v) is 1.59. The Kier molecular flexibility index (Phi) is 2.72.